The van der Waals surface area contributed by atoms with Crippen molar-refractivity contribution >= 4 is 5.97 Å². The molecule has 0 radical (unpaired) electrons. The van der Waals surface area contributed by atoms with Crippen LogP contribution in [0.3, 0.4) is 0 Å². The third-order valence-electron chi connectivity index (χ3n) is 3.78. The van der Waals surface area contributed by atoms with Crippen LogP contribution >= 0.6 is 0 Å². The normalized spacial score (nSPS) is 28.6. The SMILES string of the molecule is COc1ccc2c(c1)OC1CC2(CC(=O)O)C1. The average Bonchev–Trinajstić information content (AvgIpc) is 2.26. The van der Waals surface area contributed by atoms with Crippen LogP contribution in [0, 0.1) is 0 Å². The number of hydrogen-bond acceptors (Lipinski definition) is 3. The Bertz CT molecular complexity index is 474. The van der Waals surface area contributed by atoms with Crippen molar-refractivity contribution in [1.29, 1.82) is 0 Å². The van der Waals surface area contributed by atoms with E-state index in [-0.39, 0.29) is 17.9 Å². The fourth-order valence-electron chi connectivity index (χ4n) is 2.99. The van der Waals surface area contributed by atoms with Crippen LogP contribution in [0.25, 0.3) is 0 Å². The zero-order chi connectivity index (χ0) is 12.0. The second kappa shape index (κ2) is 3.39. The largest absolute Gasteiger partial charge is 0.497 e. The summed E-state index contributed by atoms with van der Waals surface area (Å²) in [6.45, 7) is 0. The predicted molar refractivity (Wildman–Crippen MR) is 60.6 cm³/mol. The maximum absolute atomic E-state index is 11.0. The molecule has 1 aromatic rings. The van der Waals surface area contributed by atoms with Gasteiger partial charge in [0.15, 0.2) is 0 Å². The number of rotatable bonds is 3. The van der Waals surface area contributed by atoms with Crippen molar-refractivity contribution in [2.24, 2.45) is 0 Å². The molecule has 2 aliphatic heterocycles. The highest BCUT2D eigenvalue weighted by Crippen LogP contribution is 2.55. The number of ether oxygens (including phenoxy) is 2. The molecule has 0 saturated heterocycles. The first-order valence-corrected chi connectivity index (χ1v) is 5.70. The lowest BCUT2D eigenvalue weighted by atomic mass is 9.59. The van der Waals surface area contributed by atoms with E-state index in [1.165, 1.54) is 0 Å². The summed E-state index contributed by atoms with van der Waals surface area (Å²) in [5.41, 5.74) is 0.805. The molecule has 17 heavy (non-hydrogen) atoms. The quantitative estimate of drug-likeness (QED) is 0.868. The maximum Gasteiger partial charge on any atom is 0.304 e. The van der Waals surface area contributed by atoms with Crippen LogP contribution in [0.15, 0.2) is 18.2 Å². The summed E-state index contributed by atoms with van der Waals surface area (Å²) in [5, 5.41) is 9.02. The lowest BCUT2D eigenvalue weighted by molar-refractivity contribution is -0.141. The van der Waals surface area contributed by atoms with Gasteiger partial charge < -0.3 is 14.6 Å². The summed E-state index contributed by atoms with van der Waals surface area (Å²) in [6, 6.07) is 5.65. The Morgan fingerprint density at radius 2 is 2.35 bits per heavy atom. The molecular formula is C13H14O4. The van der Waals surface area contributed by atoms with Crippen LogP contribution in [0.1, 0.15) is 24.8 Å². The third-order valence-corrected chi connectivity index (χ3v) is 3.78. The first-order chi connectivity index (χ1) is 8.13. The monoisotopic (exact) mass is 234 g/mol. The van der Waals surface area contributed by atoms with Gasteiger partial charge in [-0.3, -0.25) is 4.79 Å². The van der Waals surface area contributed by atoms with E-state index < -0.39 is 5.97 Å². The molecule has 1 N–H and O–H groups in total. The molecule has 4 heteroatoms. The Labute approximate surface area is 99.2 Å². The summed E-state index contributed by atoms with van der Waals surface area (Å²) in [6.07, 6.45) is 2.00. The highest BCUT2D eigenvalue weighted by Gasteiger charge is 2.53. The first-order valence-electron chi connectivity index (χ1n) is 5.70. The zero-order valence-corrected chi connectivity index (χ0v) is 9.60. The number of carbonyl (C=O) groups is 1. The van der Waals surface area contributed by atoms with E-state index in [9.17, 15) is 4.79 Å². The molecule has 4 rings (SSSR count). The van der Waals surface area contributed by atoms with Crippen LogP contribution in [0.5, 0.6) is 11.5 Å². The number of carboxylic acid groups (broad SMARTS) is 1. The zero-order valence-electron chi connectivity index (χ0n) is 9.60. The van der Waals surface area contributed by atoms with E-state index in [0.29, 0.717) is 0 Å². The number of hydrogen-bond donors (Lipinski definition) is 1. The van der Waals surface area contributed by atoms with Gasteiger partial charge in [-0.05, 0) is 18.9 Å². The molecule has 90 valence electrons. The smallest absolute Gasteiger partial charge is 0.304 e. The molecule has 2 heterocycles. The Morgan fingerprint density at radius 3 is 3.00 bits per heavy atom. The first kappa shape index (κ1) is 10.4. The molecule has 0 amide bonds. The van der Waals surface area contributed by atoms with Crippen molar-refractivity contribution in [3.63, 3.8) is 0 Å². The van der Waals surface area contributed by atoms with Crippen LogP contribution in [0.4, 0.5) is 0 Å². The number of carboxylic acids is 1. The van der Waals surface area contributed by atoms with Gasteiger partial charge in [0, 0.05) is 17.0 Å². The minimum Gasteiger partial charge on any atom is -0.497 e. The topological polar surface area (TPSA) is 55.8 Å². The Balaban J connectivity index is 2.01. The molecule has 0 atom stereocenters. The van der Waals surface area contributed by atoms with Crippen LogP contribution in [0.2, 0.25) is 0 Å². The molecule has 1 fully saturated rings. The minimum absolute atomic E-state index is 0.175. The number of methoxy groups -OCH3 is 1. The molecule has 3 aliphatic rings. The van der Waals surface area contributed by atoms with E-state index in [1.807, 2.05) is 18.2 Å². The van der Waals surface area contributed by atoms with Gasteiger partial charge in [0.05, 0.1) is 13.5 Å². The molecule has 1 saturated carbocycles. The second-order valence-electron chi connectivity index (χ2n) is 4.86. The van der Waals surface area contributed by atoms with Gasteiger partial charge in [0.2, 0.25) is 0 Å². The van der Waals surface area contributed by atoms with Gasteiger partial charge in [-0.15, -0.1) is 0 Å². The van der Waals surface area contributed by atoms with Crippen LogP contribution in [-0.2, 0) is 10.2 Å². The Kier molecular flexibility index (Phi) is 2.08. The third kappa shape index (κ3) is 1.47. The molecular weight excluding hydrogens is 220 g/mol. The summed E-state index contributed by atoms with van der Waals surface area (Å²) < 4.78 is 10.9. The fraction of sp³-hybridized carbons (Fsp3) is 0.462. The van der Waals surface area contributed by atoms with Crippen LogP contribution in [-0.4, -0.2) is 24.3 Å². The number of aliphatic carboxylic acids is 1. The van der Waals surface area contributed by atoms with Gasteiger partial charge in [-0.2, -0.15) is 0 Å². The molecule has 2 bridgehead atoms. The van der Waals surface area contributed by atoms with Gasteiger partial charge in [-0.1, -0.05) is 6.07 Å². The van der Waals surface area contributed by atoms with Crippen molar-refractivity contribution in [2.45, 2.75) is 30.8 Å². The highest BCUT2D eigenvalue weighted by atomic mass is 16.5. The van der Waals surface area contributed by atoms with Crippen LogP contribution < -0.4 is 9.47 Å². The molecule has 4 nitrogen and oxygen atoms in total. The summed E-state index contributed by atoms with van der Waals surface area (Å²) in [7, 11) is 1.61. The van der Waals surface area contributed by atoms with E-state index in [1.54, 1.807) is 7.11 Å². The van der Waals surface area contributed by atoms with Gasteiger partial charge in [0.1, 0.15) is 17.6 Å². The highest BCUT2D eigenvalue weighted by molar-refractivity contribution is 5.70. The summed E-state index contributed by atoms with van der Waals surface area (Å²) in [4.78, 5) is 11.0. The van der Waals surface area contributed by atoms with Crippen molar-refractivity contribution < 1.29 is 19.4 Å². The minimum atomic E-state index is -0.743. The lowest BCUT2D eigenvalue weighted by Crippen LogP contribution is -2.52. The Hall–Kier alpha value is -1.71. The van der Waals surface area contributed by atoms with E-state index in [4.69, 9.17) is 14.6 Å². The lowest BCUT2D eigenvalue weighted by Gasteiger charge is -2.52. The Morgan fingerprint density at radius 1 is 1.59 bits per heavy atom. The molecule has 0 aromatic heterocycles. The standard InChI is InChI=1S/C13H14O4/c1-16-8-2-3-10-11(4-8)17-9-5-13(10,6-9)7-12(14)15/h2-4,9H,5-7H2,1H3,(H,14,15). The van der Waals surface area contributed by atoms with Crippen molar-refractivity contribution in [3.05, 3.63) is 23.8 Å². The van der Waals surface area contributed by atoms with Crippen molar-refractivity contribution in [2.75, 3.05) is 7.11 Å². The van der Waals surface area contributed by atoms with E-state index in [0.717, 1.165) is 29.9 Å². The van der Waals surface area contributed by atoms with Crippen molar-refractivity contribution in [3.8, 4) is 11.5 Å². The van der Waals surface area contributed by atoms with Gasteiger partial charge in [0.25, 0.3) is 0 Å². The van der Waals surface area contributed by atoms with Crippen molar-refractivity contribution in [1.82, 2.24) is 0 Å². The molecule has 1 aromatic carbocycles. The number of benzene rings is 1. The maximum atomic E-state index is 11.0. The second-order valence-corrected chi connectivity index (χ2v) is 4.86. The molecule has 0 unspecified atom stereocenters. The molecule has 1 aliphatic carbocycles. The van der Waals surface area contributed by atoms with E-state index >= 15 is 0 Å². The average molecular weight is 234 g/mol. The van der Waals surface area contributed by atoms with Gasteiger partial charge >= 0.3 is 5.97 Å². The molecule has 0 spiro atoms. The summed E-state index contributed by atoms with van der Waals surface area (Å²) >= 11 is 0. The predicted octanol–water partition coefficient (Wildman–Crippen LogP) is 1.96. The summed E-state index contributed by atoms with van der Waals surface area (Å²) in [5.74, 6) is 0.788. The fourth-order valence-corrected chi connectivity index (χ4v) is 2.99. The van der Waals surface area contributed by atoms with E-state index in [2.05, 4.69) is 0 Å². The van der Waals surface area contributed by atoms with Gasteiger partial charge in [-0.25, -0.2) is 0 Å².